The molecule has 7 heteroatoms. The van der Waals surface area contributed by atoms with Crippen molar-refractivity contribution in [1.29, 1.82) is 0 Å². The van der Waals surface area contributed by atoms with Gasteiger partial charge in [-0.05, 0) is 48.9 Å². The Kier molecular flexibility index (Phi) is 7.83. The van der Waals surface area contributed by atoms with E-state index in [1.54, 1.807) is 31.2 Å². The minimum atomic E-state index is -0.468. The average molecular weight is 490 g/mol. The number of ketones is 1. The Morgan fingerprint density at radius 3 is 2.11 bits per heavy atom. The van der Waals surface area contributed by atoms with E-state index in [0.29, 0.717) is 42.3 Å². The number of anilines is 1. The highest BCUT2D eigenvalue weighted by atomic mass is 35.5. The molecule has 2 amide bonds. The van der Waals surface area contributed by atoms with Crippen molar-refractivity contribution in [2.24, 2.45) is 0 Å². The van der Waals surface area contributed by atoms with Crippen LogP contribution in [0, 0.1) is 0 Å². The number of Topliss-reactive ketones (excluding diaryl/α,β-unsaturated/α-hetero) is 1. The molecule has 1 saturated heterocycles. The van der Waals surface area contributed by atoms with E-state index in [-0.39, 0.29) is 24.0 Å². The van der Waals surface area contributed by atoms with E-state index in [1.807, 2.05) is 59.5 Å². The number of nitrogens with zero attached hydrogens (tertiary/aromatic N) is 2. The molecule has 0 aromatic heterocycles. The molecule has 4 rings (SSSR count). The highest BCUT2D eigenvalue weighted by molar-refractivity contribution is 6.33. The monoisotopic (exact) mass is 489 g/mol. The number of benzene rings is 3. The van der Waals surface area contributed by atoms with Crippen LogP contribution >= 0.6 is 11.6 Å². The lowest BCUT2D eigenvalue weighted by Crippen LogP contribution is -2.49. The van der Waals surface area contributed by atoms with Crippen LogP contribution in [0.3, 0.4) is 0 Å². The van der Waals surface area contributed by atoms with Crippen molar-refractivity contribution in [1.82, 2.24) is 10.2 Å². The fraction of sp³-hybridized carbons (Fsp3) is 0.250. The lowest BCUT2D eigenvalue weighted by Gasteiger charge is -2.36. The predicted molar refractivity (Wildman–Crippen MR) is 138 cm³/mol. The molecule has 1 N–H and O–H groups in total. The summed E-state index contributed by atoms with van der Waals surface area (Å²) in [5, 5.41) is 3.37. The van der Waals surface area contributed by atoms with Crippen molar-refractivity contribution >= 4 is 34.9 Å². The molecular formula is C28H28ClN3O3. The molecule has 1 fully saturated rings. The molecule has 0 radical (unpaired) electrons. The zero-order chi connectivity index (χ0) is 24.8. The van der Waals surface area contributed by atoms with Gasteiger partial charge < -0.3 is 15.1 Å². The zero-order valence-corrected chi connectivity index (χ0v) is 20.4. The molecule has 1 aliphatic rings. The van der Waals surface area contributed by atoms with Crippen molar-refractivity contribution in [3.63, 3.8) is 0 Å². The van der Waals surface area contributed by atoms with Crippen LogP contribution in [-0.2, 0) is 4.79 Å². The molecule has 3 aromatic carbocycles. The van der Waals surface area contributed by atoms with Crippen LogP contribution in [0.5, 0.6) is 0 Å². The smallest absolute Gasteiger partial charge is 0.253 e. The molecule has 6 nitrogen and oxygen atoms in total. The first-order valence-electron chi connectivity index (χ1n) is 11.7. The first kappa shape index (κ1) is 24.5. The highest BCUT2D eigenvalue weighted by Gasteiger charge is 2.26. The molecule has 35 heavy (non-hydrogen) atoms. The van der Waals surface area contributed by atoms with E-state index in [2.05, 4.69) is 10.2 Å². The molecule has 180 valence electrons. The maximum atomic E-state index is 13.2. The quantitative estimate of drug-likeness (QED) is 0.486. The largest absolute Gasteiger partial charge is 0.368 e. The van der Waals surface area contributed by atoms with Gasteiger partial charge in [-0.25, -0.2) is 0 Å². The minimum absolute atomic E-state index is 0.00936. The molecule has 0 bridgehead atoms. The van der Waals surface area contributed by atoms with Gasteiger partial charge in [0.2, 0.25) is 5.91 Å². The second kappa shape index (κ2) is 11.2. The molecular weight excluding hydrogens is 462 g/mol. The van der Waals surface area contributed by atoms with Gasteiger partial charge in [0.1, 0.15) is 0 Å². The molecule has 0 spiro atoms. The van der Waals surface area contributed by atoms with Crippen molar-refractivity contribution in [2.45, 2.75) is 19.4 Å². The Balaban J connectivity index is 1.40. The van der Waals surface area contributed by atoms with Gasteiger partial charge in [0.25, 0.3) is 5.91 Å². The first-order valence-corrected chi connectivity index (χ1v) is 12.0. The summed E-state index contributed by atoms with van der Waals surface area (Å²) in [6, 6.07) is 23.5. The van der Waals surface area contributed by atoms with Crippen molar-refractivity contribution in [3.8, 4) is 0 Å². The molecule has 1 aliphatic heterocycles. The Bertz CT molecular complexity index is 1190. The van der Waals surface area contributed by atoms with Crippen LogP contribution in [-0.4, -0.2) is 48.7 Å². The number of carbonyl (C=O) groups is 3. The third-order valence-electron chi connectivity index (χ3n) is 6.28. The second-order valence-corrected chi connectivity index (χ2v) is 9.00. The number of nitrogens with one attached hydrogen (secondary N) is 1. The molecule has 0 aliphatic carbocycles. The fourth-order valence-electron chi connectivity index (χ4n) is 4.24. The van der Waals surface area contributed by atoms with Crippen LogP contribution in [0.15, 0.2) is 78.9 Å². The number of halogens is 1. The van der Waals surface area contributed by atoms with E-state index in [4.69, 9.17) is 11.6 Å². The SMILES string of the molecule is CC(=O)c1ccc(N2CCN(C(=O)C[C@H](NC(=O)c3ccccc3Cl)c3ccccc3)CC2)cc1. The van der Waals surface area contributed by atoms with Gasteiger partial charge in [0.05, 0.1) is 23.0 Å². The average Bonchev–Trinajstić information content (AvgIpc) is 2.89. The number of hydrogen-bond donors (Lipinski definition) is 1. The van der Waals surface area contributed by atoms with Gasteiger partial charge in [-0.15, -0.1) is 0 Å². The van der Waals surface area contributed by atoms with Gasteiger partial charge in [-0.3, -0.25) is 14.4 Å². The predicted octanol–water partition coefficient (Wildman–Crippen LogP) is 4.75. The summed E-state index contributed by atoms with van der Waals surface area (Å²) in [4.78, 5) is 41.7. The normalized spacial score (nSPS) is 14.3. The Hall–Kier alpha value is -3.64. The number of hydrogen-bond acceptors (Lipinski definition) is 4. The minimum Gasteiger partial charge on any atom is -0.368 e. The van der Waals surface area contributed by atoms with E-state index in [9.17, 15) is 14.4 Å². The molecule has 0 unspecified atom stereocenters. The van der Waals surface area contributed by atoms with Crippen LogP contribution in [0.4, 0.5) is 5.69 Å². The maximum absolute atomic E-state index is 13.2. The van der Waals surface area contributed by atoms with Gasteiger partial charge in [-0.2, -0.15) is 0 Å². The second-order valence-electron chi connectivity index (χ2n) is 8.59. The highest BCUT2D eigenvalue weighted by Crippen LogP contribution is 2.23. The fourth-order valence-corrected chi connectivity index (χ4v) is 4.47. The Morgan fingerprint density at radius 1 is 0.857 bits per heavy atom. The van der Waals surface area contributed by atoms with Gasteiger partial charge in [-0.1, -0.05) is 54.1 Å². The summed E-state index contributed by atoms with van der Waals surface area (Å²) in [7, 11) is 0. The Labute approximate surface area is 210 Å². The molecule has 1 heterocycles. The number of carbonyl (C=O) groups excluding carboxylic acids is 3. The first-order chi connectivity index (χ1) is 16.9. The van der Waals surface area contributed by atoms with Gasteiger partial charge >= 0.3 is 0 Å². The number of amides is 2. The van der Waals surface area contributed by atoms with Gasteiger partial charge in [0.15, 0.2) is 5.78 Å². The number of rotatable bonds is 7. The summed E-state index contributed by atoms with van der Waals surface area (Å²) in [6.07, 6.45) is 0.160. The molecule has 3 aromatic rings. The van der Waals surface area contributed by atoms with Crippen molar-refractivity contribution in [2.75, 3.05) is 31.1 Å². The molecule has 0 saturated carbocycles. The van der Waals surface area contributed by atoms with Crippen molar-refractivity contribution < 1.29 is 14.4 Å². The summed E-state index contributed by atoms with van der Waals surface area (Å²) in [6.45, 7) is 4.14. The van der Waals surface area contributed by atoms with E-state index in [0.717, 1.165) is 11.3 Å². The van der Waals surface area contributed by atoms with Crippen LogP contribution in [0.1, 0.15) is 45.7 Å². The third kappa shape index (κ3) is 6.08. The number of piperazine rings is 1. The van der Waals surface area contributed by atoms with E-state index in [1.165, 1.54) is 0 Å². The van der Waals surface area contributed by atoms with E-state index < -0.39 is 6.04 Å². The molecule has 1 atom stereocenters. The lowest BCUT2D eigenvalue weighted by atomic mass is 10.0. The van der Waals surface area contributed by atoms with Crippen molar-refractivity contribution in [3.05, 3.63) is 101 Å². The van der Waals surface area contributed by atoms with Gasteiger partial charge in [0, 0.05) is 37.4 Å². The summed E-state index contributed by atoms with van der Waals surface area (Å²) in [5.41, 5.74) is 2.97. The van der Waals surface area contributed by atoms with Crippen LogP contribution in [0.25, 0.3) is 0 Å². The topological polar surface area (TPSA) is 69.7 Å². The zero-order valence-electron chi connectivity index (χ0n) is 19.6. The van der Waals surface area contributed by atoms with Crippen LogP contribution in [0.2, 0.25) is 5.02 Å². The lowest BCUT2D eigenvalue weighted by molar-refractivity contribution is -0.132. The summed E-state index contributed by atoms with van der Waals surface area (Å²) >= 11 is 6.21. The third-order valence-corrected chi connectivity index (χ3v) is 6.61. The maximum Gasteiger partial charge on any atom is 0.253 e. The Morgan fingerprint density at radius 2 is 1.49 bits per heavy atom. The van der Waals surface area contributed by atoms with E-state index >= 15 is 0 Å². The summed E-state index contributed by atoms with van der Waals surface area (Å²) < 4.78 is 0. The standard InChI is InChI=1S/C28H28ClN3O3/c1-20(33)21-11-13-23(14-12-21)31-15-17-32(18-16-31)27(34)19-26(22-7-3-2-4-8-22)30-28(35)24-9-5-6-10-25(24)29/h2-14,26H,15-19H2,1H3,(H,30,35)/t26-/m0/s1. The summed E-state index contributed by atoms with van der Waals surface area (Å²) in [5.74, 6) is -0.275. The van der Waals surface area contributed by atoms with Crippen LogP contribution < -0.4 is 10.2 Å².